The molecule has 0 radical (unpaired) electrons. The van der Waals surface area contributed by atoms with Gasteiger partial charge in [0.05, 0.1) is 11.5 Å². The number of hydrogen-bond donors (Lipinski definition) is 0. The molecule has 2 saturated heterocycles. The molecular formula is C11H12N2O3S. The summed E-state index contributed by atoms with van der Waals surface area (Å²) in [6, 6.07) is 6.69. The summed E-state index contributed by atoms with van der Waals surface area (Å²) in [6.45, 7) is 2.68. The Kier molecular flexibility index (Phi) is 2.57. The smallest absolute Gasteiger partial charge is 0.269 e. The van der Waals surface area contributed by atoms with E-state index in [1.165, 1.54) is 0 Å². The van der Waals surface area contributed by atoms with Crippen molar-refractivity contribution in [3.8, 4) is 0 Å². The van der Waals surface area contributed by atoms with Crippen LogP contribution in [0.1, 0.15) is 5.56 Å². The van der Waals surface area contributed by atoms with Crippen molar-refractivity contribution in [1.29, 1.82) is 0 Å². The summed E-state index contributed by atoms with van der Waals surface area (Å²) >= 11 is 1.76. The van der Waals surface area contributed by atoms with Gasteiger partial charge in [0, 0.05) is 36.5 Å². The molecule has 0 aliphatic carbocycles. The second-order valence-electron chi connectivity index (χ2n) is 4.07. The van der Waals surface area contributed by atoms with E-state index in [2.05, 4.69) is 4.90 Å². The molecule has 6 heteroatoms. The van der Waals surface area contributed by atoms with Gasteiger partial charge >= 0.3 is 0 Å². The number of nitrogens with zero attached hydrogens (tertiary/aromatic N) is 2. The van der Waals surface area contributed by atoms with Gasteiger partial charge in [0.2, 0.25) is 0 Å². The van der Waals surface area contributed by atoms with Gasteiger partial charge in [-0.05, 0) is 12.1 Å². The maximum Gasteiger partial charge on any atom is 0.269 e. The number of rotatable bonds is 2. The maximum atomic E-state index is 10.6. The van der Waals surface area contributed by atoms with Crippen molar-refractivity contribution in [2.75, 3.05) is 25.4 Å². The van der Waals surface area contributed by atoms with E-state index in [9.17, 15) is 10.1 Å². The first-order valence-electron chi connectivity index (χ1n) is 5.50. The van der Waals surface area contributed by atoms with Gasteiger partial charge < -0.3 is 4.74 Å². The molecule has 2 heterocycles. The van der Waals surface area contributed by atoms with Crippen LogP contribution in [0, 0.1) is 10.1 Å². The van der Waals surface area contributed by atoms with E-state index in [1.54, 1.807) is 36.0 Å². The van der Waals surface area contributed by atoms with E-state index in [0.717, 1.165) is 31.0 Å². The maximum absolute atomic E-state index is 10.6. The highest BCUT2D eigenvalue weighted by molar-refractivity contribution is 8.00. The minimum atomic E-state index is -0.394. The molecule has 1 unspecified atom stereocenters. The van der Waals surface area contributed by atoms with Crippen LogP contribution in [-0.4, -0.2) is 35.3 Å². The van der Waals surface area contributed by atoms with Crippen LogP contribution in [0.15, 0.2) is 24.3 Å². The first kappa shape index (κ1) is 11.0. The summed E-state index contributed by atoms with van der Waals surface area (Å²) in [4.78, 5) is 12.5. The Morgan fingerprint density at radius 3 is 2.82 bits per heavy atom. The first-order valence-corrected chi connectivity index (χ1v) is 6.49. The first-order chi connectivity index (χ1) is 8.22. The Balaban J connectivity index is 1.95. The highest BCUT2D eigenvalue weighted by Gasteiger charge is 2.48. The molecule has 0 amide bonds. The molecule has 1 aromatic rings. The van der Waals surface area contributed by atoms with E-state index < -0.39 is 5.06 Å². The minimum Gasteiger partial charge on any atom is -0.345 e. The lowest BCUT2D eigenvalue weighted by atomic mass is 10.1. The Morgan fingerprint density at radius 1 is 1.35 bits per heavy atom. The van der Waals surface area contributed by atoms with Crippen LogP contribution in [0.4, 0.5) is 5.69 Å². The molecule has 3 rings (SSSR count). The topological polar surface area (TPSA) is 55.6 Å². The second-order valence-corrected chi connectivity index (χ2v) is 5.32. The van der Waals surface area contributed by atoms with Gasteiger partial charge in [0.25, 0.3) is 5.69 Å². The van der Waals surface area contributed by atoms with Gasteiger partial charge in [0.15, 0.2) is 5.06 Å². The number of nitro benzene ring substituents is 1. The number of benzene rings is 1. The summed E-state index contributed by atoms with van der Waals surface area (Å²) < 4.78 is 5.87. The van der Waals surface area contributed by atoms with Gasteiger partial charge in [0.1, 0.15) is 0 Å². The van der Waals surface area contributed by atoms with Crippen LogP contribution >= 0.6 is 11.8 Å². The van der Waals surface area contributed by atoms with Crippen molar-refractivity contribution in [3.05, 3.63) is 39.9 Å². The van der Waals surface area contributed by atoms with Gasteiger partial charge in [-0.3, -0.25) is 15.0 Å². The number of fused-ring (bicyclic) bond motifs is 1. The van der Waals surface area contributed by atoms with E-state index >= 15 is 0 Å². The van der Waals surface area contributed by atoms with Gasteiger partial charge in [-0.15, -0.1) is 11.8 Å². The Morgan fingerprint density at radius 2 is 2.12 bits per heavy atom. The third-order valence-electron chi connectivity index (χ3n) is 3.18. The SMILES string of the molecule is O=[N+]([O-])c1ccc(C23OCCN2CCS3)cc1. The lowest BCUT2D eigenvalue weighted by molar-refractivity contribution is -0.384. The van der Waals surface area contributed by atoms with Crippen LogP contribution in [0.5, 0.6) is 0 Å². The fourth-order valence-electron chi connectivity index (χ4n) is 2.36. The molecule has 0 aromatic heterocycles. The summed E-state index contributed by atoms with van der Waals surface area (Å²) in [5, 5.41) is 10.2. The fourth-order valence-corrected chi connectivity index (χ4v) is 3.78. The zero-order valence-electron chi connectivity index (χ0n) is 9.17. The van der Waals surface area contributed by atoms with Crippen molar-refractivity contribution in [2.45, 2.75) is 5.06 Å². The molecular weight excluding hydrogens is 240 g/mol. The average molecular weight is 252 g/mol. The molecule has 2 fully saturated rings. The Bertz CT molecular complexity index is 439. The third-order valence-corrected chi connectivity index (χ3v) is 4.57. The van der Waals surface area contributed by atoms with Crippen LogP contribution in [-0.2, 0) is 9.79 Å². The van der Waals surface area contributed by atoms with Crippen molar-refractivity contribution >= 4 is 17.4 Å². The van der Waals surface area contributed by atoms with E-state index in [0.29, 0.717) is 0 Å². The van der Waals surface area contributed by atoms with E-state index in [4.69, 9.17) is 4.74 Å². The van der Waals surface area contributed by atoms with Crippen molar-refractivity contribution in [2.24, 2.45) is 0 Å². The van der Waals surface area contributed by atoms with Crippen LogP contribution in [0.3, 0.4) is 0 Å². The summed E-state index contributed by atoms with van der Waals surface area (Å²) in [5.41, 5.74) is 1.13. The zero-order chi connectivity index (χ0) is 11.9. The van der Waals surface area contributed by atoms with Crippen LogP contribution in [0.25, 0.3) is 0 Å². The van der Waals surface area contributed by atoms with E-state index in [1.807, 2.05) is 0 Å². The number of thioether (sulfide) groups is 1. The second kappa shape index (κ2) is 3.97. The van der Waals surface area contributed by atoms with Gasteiger partial charge in [-0.1, -0.05) is 0 Å². The minimum absolute atomic E-state index is 0.123. The lowest BCUT2D eigenvalue weighted by Gasteiger charge is -2.29. The number of nitro groups is 1. The average Bonchev–Trinajstić information content (AvgIpc) is 2.88. The number of non-ortho nitro benzene ring substituents is 1. The van der Waals surface area contributed by atoms with Gasteiger partial charge in [-0.25, -0.2) is 0 Å². The lowest BCUT2D eigenvalue weighted by Crippen LogP contribution is -2.34. The summed E-state index contributed by atoms with van der Waals surface area (Å²) in [7, 11) is 0. The Hall–Kier alpha value is -1.11. The molecule has 17 heavy (non-hydrogen) atoms. The molecule has 0 N–H and O–H groups in total. The van der Waals surface area contributed by atoms with Crippen LogP contribution < -0.4 is 0 Å². The molecule has 2 aliphatic rings. The third kappa shape index (κ3) is 1.64. The Labute approximate surface area is 103 Å². The van der Waals surface area contributed by atoms with Crippen molar-refractivity contribution < 1.29 is 9.66 Å². The normalized spacial score (nSPS) is 28.2. The van der Waals surface area contributed by atoms with Crippen molar-refractivity contribution in [1.82, 2.24) is 4.90 Å². The highest BCUT2D eigenvalue weighted by Crippen LogP contribution is 2.48. The molecule has 1 atom stereocenters. The van der Waals surface area contributed by atoms with Crippen LogP contribution in [0.2, 0.25) is 0 Å². The predicted molar refractivity (Wildman–Crippen MR) is 64.8 cm³/mol. The highest BCUT2D eigenvalue weighted by atomic mass is 32.2. The van der Waals surface area contributed by atoms with Crippen molar-refractivity contribution in [3.63, 3.8) is 0 Å². The predicted octanol–water partition coefficient (Wildman–Crippen LogP) is 1.78. The largest absolute Gasteiger partial charge is 0.345 e. The standard InChI is InChI=1S/C11H12N2O3S/c14-13(15)10-3-1-9(2-4-10)11-12(5-7-16-11)6-8-17-11/h1-4H,5-8H2. The quantitative estimate of drug-likeness (QED) is 0.593. The number of hydrogen-bond acceptors (Lipinski definition) is 5. The van der Waals surface area contributed by atoms with E-state index in [-0.39, 0.29) is 10.6 Å². The fraction of sp³-hybridized carbons (Fsp3) is 0.455. The van der Waals surface area contributed by atoms with Gasteiger partial charge in [-0.2, -0.15) is 0 Å². The monoisotopic (exact) mass is 252 g/mol. The molecule has 0 bridgehead atoms. The number of ether oxygens (including phenoxy) is 1. The molecule has 2 aliphatic heterocycles. The molecule has 90 valence electrons. The molecule has 1 aromatic carbocycles. The zero-order valence-corrected chi connectivity index (χ0v) is 9.98. The molecule has 0 saturated carbocycles. The summed E-state index contributed by atoms with van der Waals surface area (Å²) in [5.74, 6) is 1.04. The molecule has 0 spiro atoms. The summed E-state index contributed by atoms with van der Waals surface area (Å²) in [6.07, 6.45) is 0. The molecule has 5 nitrogen and oxygen atoms in total.